The summed E-state index contributed by atoms with van der Waals surface area (Å²) >= 11 is 0. The minimum absolute atomic E-state index is 0.374. The monoisotopic (exact) mass is 781 g/mol. The highest BCUT2D eigenvalue weighted by atomic mass is 19.1. The number of aromatic nitrogens is 2. The molecule has 10 aromatic rings. The summed E-state index contributed by atoms with van der Waals surface area (Å²) in [7, 11) is 0. The molecule has 0 atom stereocenters. The molecule has 10 rings (SSSR count). The van der Waals surface area contributed by atoms with Crippen LogP contribution in [0.25, 0.3) is 88.4 Å². The lowest BCUT2D eigenvalue weighted by atomic mass is 9.93. The van der Waals surface area contributed by atoms with Crippen LogP contribution in [0.5, 0.6) is 0 Å². The number of hydrogen-bond acceptors (Lipinski definition) is 1. The maximum Gasteiger partial charge on any atom is 0.126 e. The minimum Gasteiger partial charge on any atom is -0.308 e. The number of nitriles is 1. The number of benzene rings is 8. The first-order valence-corrected chi connectivity index (χ1v) is 20.3. The standard InChI is InChI=1S/C55H41F2N3/c1-31-19-33(3)54(34(4)20-31)37-15-17-45-43-11-7-9-13-48(43)59(50(45)25-37)52-27-40(39-23-41(56)29-42(57)24-39)28-53(47(52)30-58)60-49-14-10-8-12-44(49)46-18-16-38(26-51(46)60)55-35(5)21-32(2)22-36(55)6/h7-29H,1-6H3. The summed E-state index contributed by atoms with van der Waals surface area (Å²) < 4.78 is 34.6. The second-order valence-corrected chi connectivity index (χ2v) is 16.4. The largest absolute Gasteiger partial charge is 0.308 e. The molecule has 0 amide bonds. The number of aryl methyl sites for hydroxylation is 6. The molecular formula is C55H41F2N3. The second kappa shape index (κ2) is 13.9. The van der Waals surface area contributed by atoms with Crippen LogP contribution in [0.15, 0.2) is 140 Å². The van der Waals surface area contributed by atoms with Crippen LogP contribution in [0.3, 0.4) is 0 Å². The van der Waals surface area contributed by atoms with E-state index in [0.29, 0.717) is 28.1 Å². The Morgan fingerprint density at radius 2 is 0.783 bits per heavy atom. The highest BCUT2D eigenvalue weighted by Gasteiger charge is 2.24. The van der Waals surface area contributed by atoms with Crippen LogP contribution in [0.4, 0.5) is 8.78 Å². The van der Waals surface area contributed by atoms with Crippen molar-refractivity contribution < 1.29 is 8.78 Å². The van der Waals surface area contributed by atoms with E-state index in [2.05, 4.69) is 142 Å². The van der Waals surface area contributed by atoms with E-state index in [1.807, 2.05) is 36.4 Å². The van der Waals surface area contributed by atoms with Crippen molar-refractivity contribution in [2.24, 2.45) is 0 Å². The molecule has 0 aliphatic rings. The summed E-state index contributed by atoms with van der Waals surface area (Å²) in [5.74, 6) is -1.35. The number of nitrogens with zero attached hydrogens (tertiary/aromatic N) is 3. The molecule has 0 saturated heterocycles. The summed E-state index contributed by atoms with van der Waals surface area (Å²) in [5.41, 5.74) is 17.9. The molecule has 60 heavy (non-hydrogen) atoms. The number of halogens is 2. The summed E-state index contributed by atoms with van der Waals surface area (Å²) in [6.45, 7) is 12.8. The van der Waals surface area contributed by atoms with E-state index >= 15 is 8.78 Å². The van der Waals surface area contributed by atoms with E-state index < -0.39 is 11.6 Å². The van der Waals surface area contributed by atoms with Crippen molar-refractivity contribution in [3.05, 3.63) is 190 Å². The van der Waals surface area contributed by atoms with Gasteiger partial charge in [-0.25, -0.2) is 8.78 Å². The highest BCUT2D eigenvalue weighted by molar-refractivity contribution is 6.12. The Kier molecular flexibility index (Phi) is 8.59. The van der Waals surface area contributed by atoms with Gasteiger partial charge in [0.05, 0.1) is 33.4 Å². The predicted octanol–water partition coefficient (Wildman–Crippen LogP) is 14.9. The van der Waals surface area contributed by atoms with Crippen molar-refractivity contribution in [3.8, 4) is 50.8 Å². The van der Waals surface area contributed by atoms with E-state index in [4.69, 9.17) is 0 Å². The zero-order chi connectivity index (χ0) is 41.6. The smallest absolute Gasteiger partial charge is 0.126 e. The van der Waals surface area contributed by atoms with Gasteiger partial charge in [-0.2, -0.15) is 5.26 Å². The SMILES string of the molecule is Cc1cc(C)c(-c2ccc3c4ccccc4n(-c4cc(-c5cc(F)cc(F)c5)cc(-n5c6ccccc6c6ccc(-c7c(C)cc(C)cc7C)cc65)c4C#N)c3c2)c(C)c1. The van der Waals surface area contributed by atoms with Crippen molar-refractivity contribution in [3.63, 3.8) is 0 Å². The Morgan fingerprint density at radius 1 is 0.400 bits per heavy atom. The lowest BCUT2D eigenvalue weighted by Gasteiger charge is -2.19. The van der Waals surface area contributed by atoms with E-state index in [-0.39, 0.29) is 0 Å². The molecule has 0 N–H and O–H groups in total. The second-order valence-electron chi connectivity index (χ2n) is 16.4. The third kappa shape index (κ3) is 5.82. The molecule has 0 fully saturated rings. The maximum absolute atomic E-state index is 15.1. The van der Waals surface area contributed by atoms with E-state index in [0.717, 1.165) is 60.8 Å². The summed E-state index contributed by atoms with van der Waals surface area (Å²) in [4.78, 5) is 0. The number of rotatable bonds is 5. The van der Waals surface area contributed by atoms with Gasteiger partial charge in [0, 0.05) is 27.6 Å². The molecule has 0 saturated carbocycles. The third-order valence-electron chi connectivity index (χ3n) is 12.2. The maximum atomic E-state index is 15.1. The van der Waals surface area contributed by atoms with Crippen LogP contribution in [-0.4, -0.2) is 9.13 Å². The molecule has 0 spiro atoms. The summed E-state index contributed by atoms with van der Waals surface area (Å²) in [5, 5.41) is 15.6. The normalized spacial score (nSPS) is 11.7. The Balaban J connectivity index is 1.35. The molecule has 0 aliphatic heterocycles. The fourth-order valence-electron chi connectivity index (χ4n) is 10.0. The van der Waals surface area contributed by atoms with E-state index in [1.165, 1.54) is 56.6 Å². The molecule has 2 heterocycles. The van der Waals surface area contributed by atoms with Crippen LogP contribution < -0.4 is 0 Å². The number of para-hydroxylation sites is 2. The van der Waals surface area contributed by atoms with Gasteiger partial charge < -0.3 is 9.13 Å². The lowest BCUT2D eigenvalue weighted by molar-refractivity contribution is 0.584. The molecule has 290 valence electrons. The van der Waals surface area contributed by atoms with Gasteiger partial charge in [-0.15, -0.1) is 0 Å². The number of fused-ring (bicyclic) bond motifs is 6. The average Bonchev–Trinajstić information content (AvgIpc) is 3.71. The number of hydrogen-bond donors (Lipinski definition) is 0. The average molecular weight is 782 g/mol. The van der Waals surface area contributed by atoms with Gasteiger partial charge in [0.15, 0.2) is 0 Å². The molecule has 5 heteroatoms. The van der Waals surface area contributed by atoms with Crippen molar-refractivity contribution in [2.45, 2.75) is 41.5 Å². The van der Waals surface area contributed by atoms with Gasteiger partial charge in [0.25, 0.3) is 0 Å². The Morgan fingerprint density at radius 3 is 1.20 bits per heavy atom. The highest BCUT2D eigenvalue weighted by Crippen LogP contribution is 2.43. The van der Waals surface area contributed by atoms with Crippen molar-refractivity contribution in [2.75, 3.05) is 0 Å². The van der Waals surface area contributed by atoms with Gasteiger partial charge in [-0.05, 0) is 146 Å². The first kappa shape index (κ1) is 37.0. The van der Waals surface area contributed by atoms with E-state index in [9.17, 15) is 5.26 Å². The van der Waals surface area contributed by atoms with Crippen LogP contribution >= 0.6 is 0 Å². The van der Waals surface area contributed by atoms with Gasteiger partial charge >= 0.3 is 0 Å². The van der Waals surface area contributed by atoms with Crippen LogP contribution in [-0.2, 0) is 0 Å². The third-order valence-corrected chi connectivity index (χ3v) is 12.2. The van der Waals surface area contributed by atoms with Gasteiger partial charge in [-0.1, -0.05) is 96.1 Å². The van der Waals surface area contributed by atoms with Crippen molar-refractivity contribution >= 4 is 43.6 Å². The topological polar surface area (TPSA) is 33.6 Å². The van der Waals surface area contributed by atoms with Crippen molar-refractivity contribution in [1.29, 1.82) is 5.26 Å². The first-order chi connectivity index (χ1) is 29.0. The van der Waals surface area contributed by atoms with Crippen LogP contribution in [0.2, 0.25) is 0 Å². The Labute approximate surface area is 348 Å². The Hall–Kier alpha value is -7.29. The summed E-state index contributed by atoms with van der Waals surface area (Å²) in [6, 6.07) is 48.5. The Bertz CT molecular complexity index is 3220. The molecule has 3 nitrogen and oxygen atoms in total. The molecule has 0 unspecified atom stereocenters. The zero-order valence-electron chi connectivity index (χ0n) is 34.4. The molecule has 0 bridgehead atoms. The van der Waals surface area contributed by atoms with Gasteiger partial charge in [0.2, 0.25) is 0 Å². The van der Waals surface area contributed by atoms with Gasteiger partial charge in [0.1, 0.15) is 23.3 Å². The molecule has 0 aliphatic carbocycles. The lowest BCUT2D eigenvalue weighted by Crippen LogP contribution is -2.05. The minimum atomic E-state index is -0.673. The van der Waals surface area contributed by atoms with Crippen molar-refractivity contribution in [1.82, 2.24) is 9.13 Å². The fourth-order valence-corrected chi connectivity index (χ4v) is 10.0. The summed E-state index contributed by atoms with van der Waals surface area (Å²) in [6.07, 6.45) is 0. The van der Waals surface area contributed by atoms with E-state index in [1.54, 1.807) is 0 Å². The van der Waals surface area contributed by atoms with Gasteiger partial charge in [-0.3, -0.25) is 0 Å². The molecule has 2 aromatic heterocycles. The van der Waals surface area contributed by atoms with Crippen LogP contribution in [0, 0.1) is 64.5 Å². The predicted molar refractivity (Wildman–Crippen MR) is 244 cm³/mol. The molecule has 8 aromatic carbocycles. The zero-order valence-corrected chi connectivity index (χ0v) is 34.4. The molecule has 0 radical (unpaired) electrons. The first-order valence-electron chi connectivity index (χ1n) is 20.3. The van der Waals surface area contributed by atoms with Crippen LogP contribution in [0.1, 0.15) is 38.9 Å². The quantitative estimate of drug-likeness (QED) is 0.171. The molecular weight excluding hydrogens is 741 g/mol. The fraction of sp³-hybridized carbons (Fsp3) is 0.109.